The Hall–Kier alpha value is -1.64. The average Bonchev–Trinajstić information content (AvgIpc) is 2.28. The Morgan fingerprint density at radius 1 is 1.18 bits per heavy atom. The van der Waals surface area contributed by atoms with Gasteiger partial charge in [-0.15, -0.1) is 0 Å². The molecule has 0 N–H and O–H groups in total. The summed E-state index contributed by atoms with van der Waals surface area (Å²) in [4.78, 5) is 22.9. The fourth-order valence-electron chi connectivity index (χ4n) is 1.39. The largest absolute Gasteiger partial charge is 0.427 e. The second kappa shape index (κ2) is 5.13. The molecule has 0 aliphatic heterocycles. The van der Waals surface area contributed by atoms with Crippen molar-refractivity contribution in [3.63, 3.8) is 0 Å². The summed E-state index contributed by atoms with van der Waals surface area (Å²) in [5, 5.41) is 0. The summed E-state index contributed by atoms with van der Waals surface area (Å²) in [6, 6.07) is 6.66. The molecule has 0 unspecified atom stereocenters. The van der Waals surface area contributed by atoms with Gasteiger partial charge in [0, 0.05) is 17.9 Å². The number of ether oxygens (including phenoxy) is 1. The van der Waals surface area contributed by atoms with Gasteiger partial charge < -0.3 is 4.74 Å². The van der Waals surface area contributed by atoms with Crippen molar-refractivity contribution in [2.24, 2.45) is 5.41 Å². The Labute approximate surface area is 102 Å². The van der Waals surface area contributed by atoms with E-state index in [4.69, 9.17) is 4.74 Å². The van der Waals surface area contributed by atoms with Crippen molar-refractivity contribution < 1.29 is 14.3 Å². The topological polar surface area (TPSA) is 43.4 Å². The van der Waals surface area contributed by atoms with Gasteiger partial charge in [-0.25, -0.2) is 0 Å². The standard InChI is InChI=1S/C14H18O3/c1-5-14(3,4)13(16)11-6-8-12(9-7-11)17-10(2)15/h6-9H,5H2,1-4H3. The van der Waals surface area contributed by atoms with Crippen LogP contribution in [0.15, 0.2) is 24.3 Å². The van der Waals surface area contributed by atoms with Crippen LogP contribution in [-0.2, 0) is 4.79 Å². The molecule has 1 aromatic rings. The highest BCUT2D eigenvalue weighted by atomic mass is 16.5. The summed E-state index contributed by atoms with van der Waals surface area (Å²) in [6.07, 6.45) is 0.789. The van der Waals surface area contributed by atoms with Crippen LogP contribution in [0.5, 0.6) is 5.75 Å². The summed E-state index contributed by atoms with van der Waals surface area (Å²) in [6.45, 7) is 7.19. The maximum atomic E-state index is 12.1. The van der Waals surface area contributed by atoms with E-state index in [0.717, 1.165) is 6.42 Å². The van der Waals surface area contributed by atoms with Crippen molar-refractivity contribution in [3.8, 4) is 5.75 Å². The molecule has 0 spiro atoms. The molecule has 1 aromatic carbocycles. The zero-order valence-electron chi connectivity index (χ0n) is 10.7. The molecule has 0 heterocycles. The SMILES string of the molecule is CCC(C)(C)C(=O)c1ccc(OC(C)=O)cc1. The zero-order valence-corrected chi connectivity index (χ0v) is 10.7. The van der Waals surface area contributed by atoms with E-state index in [9.17, 15) is 9.59 Å². The number of Topliss-reactive ketones (excluding diaryl/α,β-unsaturated/α-hetero) is 1. The van der Waals surface area contributed by atoms with Crippen molar-refractivity contribution in [2.45, 2.75) is 34.1 Å². The number of rotatable bonds is 4. The number of hydrogen-bond donors (Lipinski definition) is 0. The zero-order chi connectivity index (χ0) is 13.1. The smallest absolute Gasteiger partial charge is 0.308 e. The predicted octanol–water partition coefficient (Wildman–Crippen LogP) is 3.23. The molecule has 0 atom stereocenters. The van der Waals surface area contributed by atoms with Gasteiger partial charge in [0.2, 0.25) is 0 Å². The molecule has 92 valence electrons. The summed E-state index contributed by atoms with van der Waals surface area (Å²) >= 11 is 0. The van der Waals surface area contributed by atoms with Crippen molar-refractivity contribution in [3.05, 3.63) is 29.8 Å². The molecule has 0 aliphatic carbocycles. The molecule has 0 bridgehead atoms. The van der Waals surface area contributed by atoms with Crippen molar-refractivity contribution >= 4 is 11.8 Å². The number of carbonyl (C=O) groups excluding carboxylic acids is 2. The van der Waals surface area contributed by atoms with Crippen LogP contribution in [-0.4, -0.2) is 11.8 Å². The minimum absolute atomic E-state index is 0.106. The van der Waals surface area contributed by atoms with Crippen LogP contribution in [0.3, 0.4) is 0 Å². The number of benzene rings is 1. The molecule has 0 saturated carbocycles. The number of esters is 1. The summed E-state index contributed by atoms with van der Waals surface area (Å²) in [5.74, 6) is 0.204. The Morgan fingerprint density at radius 3 is 2.12 bits per heavy atom. The monoisotopic (exact) mass is 234 g/mol. The number of carbonyl (C=O) groups is 2. The van der Waals surface area contributed by atoms with Gasteiger partial charge in [-0.2, -0.15) is 0 Å². The average molecular weight is 234 g/mol. The van der Waals surface area contributed by atoms with Crippen molar-refractivity contribution in [1.29, 1.82) is 0 Å². The first kappa shape index (κ1) is 13.4. The third kappa shape index (κ3) is 3.41. The highest BCUT2D eigenvalue weighted by molar-refractivity contribution is 6.00. The Bertz CT molecular complexity index is 416. The van der Waals surface area contributed by atoms with Gasteiger partial charge in [-0.1, -0.05) is 20.8 Å². The van der Waals surface area contributed by atoms with E-state index >= 15 is 0 Å². The van der Waals surface area contributed by atoms with Gasteiger partial charge in [0.15, 0.2) is 5.78 Å². The van der Waals surface area contributed by atoms with Crippen LogP contribution >= 0.6 is 0 Å². The maximum absolute atomic E-state index is 12.1. The molecular formula is C14H18O3. The third-order valence-electron chi connectivity index (χ3n) is 2.88. The first-order chi connectivity index (χ1) is 7.86. The second-order valence-corrected chi connectivity index (χ2v) is 4.68. The summed E-state index contributed by atoms with van der Waals surface area (Å²) < 4.78 is 4.91. The molecule has 0 aliphatic rings. The van der Waals surface area contributed by atoms with Gasteiger partial charge in [-0.05, 0) is 30.7 Å². The molecule has 0 aromatic heterocycles. The van der Waals surface area contributed by atoms with Crippen LogP contribution in [0.4, 0.5) is 0 Å². The Morgan fingerprint density at radius 2 is 1.71 bits per heavy atom. The van der Waals surface area contributed by atoms with E-state index < -0.39 is 0 Å². The molecule has 3 nitrogen and oxygen atoms in total. The van der Waals surface area contributed by atoms with E-state index in [-0.39, 0.29) is 17.2 Å². The molecule has 0 amide bonds. The lowest BCUT2D eigenvalue weighted by Crippen LogP contribution is -2.23. The molecule has 1 rings (SSSR count). The summed E-state index contributed by atoms with van der Waals surface area (Å²) in [5.41, 5.74) is 0.288. The molecule has 0 radical (unpaired) electrons. The second-order valence-electron chi connectivity index (χ2n) is 4.68. The molecule has 0 saturated heterocycles. The van der Waals surface area contributed by atoms with E-state index in [2.05, 4.69) is 0 Å². The molecule has 0 fully saturated rings. The van der Waals surface area contributed by atoms with Crippen LogP contribution in [0.1, 0.15) is 44.5 Å². The van der Waals surface area contributed by atoms with Crippen LogP contribution in [0.25, 0.3) is 0 Å². The molecular weight excluding hydrogens is 216 g/mol. The minimum atomic E-state index is -0.363. The quantitative estimate of drug-likeness (QED) is 0.456. The fourth-order valence-corrected chi connectivity index (χ4v) is 1.39. The van der Waals surface area contributed by atoms with E-state index in [0.29, 0.717) is 11.3 Å². The first-order valence-corrected chi connectivity index (χ1v) is 5.70. The lowest BCUT2D eigenvalue weighted by Gasteiger charge is -2.20. The highest BCUT2D eigenvalue weighted by Crippen LogP contribution is 2.26. The van der Waals surface area contributed by atoms with Gasteiger partial charge in [0.1, 0.15) is 5.75 Å². The van der Waals surface area contributed by atoms with Crippen molar-refractivity contribution in [2.75, 3.05) is 0 Å². The predicted molar refractivity (Wildman–Crippen MR) is 66.2 cm³/mol. The van der Waals surface area contributed by atoms with Crippen LogP contribution in [0, 0.1) is 5.41 Å². The van der Waals surface area contributed by atoms with Crippen LogP contribution in [0.2, 0.25) is 0 Å². The molecule has 3 heteroatoms. The fraction of sp³-hybridized carbons (Fsp3) is 0.429. The Kier molecular flexibility index (Phi) is 4.05. The van der Waals surface area contributed by atoms with E-state index in [1.807, 2.05) is 20.8 Å². The van der Waals surface area contributed by atoms with Gasteiger partial charge in [0.25, 0.3) is 0 Å². The maximum Gasteiger partial charge on any atom is 0.308 e. The molecule has 17 heavy (non-hydrogen) atoms. The lowest BCUT2D eigenvalue weighted by molar-refractivity contribution is -0.131. The van der Waals surface area contributed by atoms with Crippen LogP contribution < -0.4 is 4.74 Å². The van der Waals surface area contributed by atoms with Gasteiger partial charge >= 0.3 is 5.97 Å². The summed E-state index contributed by atoms with van der Waals surface area (Å²) in [7, 11) is 0. The number of hydrogen-bond acceptors (Lipinski definition) is 3. The normalized spacial score (nSPS) is 11.1. The van der Waals surface area contributed by atoms with E-state index in [1.54, 1.807) is 24.3 Å². The van der Waals surface area contributed by atoms with Gasteiger partial charge in [0.05, 0.1) is 0 Å². The van der Waals surface area contributed by atoms with Gasteiger partial charge in [-0.3, -0.25) is 9.59 Å². The van der Waals surface area contributed by atoms with E-state index in [1.165, 1.54) is 6.92 Å². The third-order valence-corrected chi connectivity index (χ3v) is 2.88. The van der Waals surface area contributed by atoms with Crippen molar-refractivity contribution in [1.82, 2.24) is 0 Å². The highest BCUT2D eigenvalue weighted by Gasteiger charge is 2.26. The lowest BCUT2D eigenvalue weighted by atomic mass is 9.82. The first-order valence-electron chi connectivity index (χ1n) is 5.70. The Balaban J connectivity index is 2.88. The number of ketones is 1. The minimum Gasteiger partial charge on any atom is -0.427 e.